The number of hydrogen-bond donors (Lipinski definition) is 1. The Labute approximate surface area is 127 Å². The molecule has 0 spiro atoms. The van der Waals surface area contributed by atoms with Crippen molar-refractivity contribution in [2.75, 3.05) is 24.5 Å². The molecular weight excluding hydrogens is 262 g/mol. The first-order chi connectivity index (χ1) is 10.3. The highest BCUT2D eigenvalue weighted by Gasteiger charge is 2.33. The van der Waals surface area contributed by atoms with Gasteiger partial charge in [0.1, 0.15) is 0 Å². The molecule has 2 fully saturated rings. The third kappa shape index (κ3) is 3.51. The van der Waals surface area contributed by atoms with Crippen LogP contribution in [0.3, 0.4) is 0 Å². The molecule has 21 heavy (non-hydrogen) atoms. The van der Waals surface area contributed by atoms with Crippen molar-refractivity contribution < 1.29 is 0 Å². The number of aryl methyl sites for hydroxylation is 2. The van der Waals surface area contributed by atoms with Crippen LogP contribution in [-0.2, 0) is 12.8 Å². The average molecular weight is 289 g/mol. The minimum Gasteiger partial charge on any atom is -0.336 e. The van der Waals surface area contributed by atoms with Crippen molar-refractivity contribution in [3.05, 3.63) is 11.4 Å². The lowest BCUT2D eigenvalue weighted by molar-refractivity contribution is 0.374. The summed E-state index contributed by atoms with van der Waals surface area (Å²) in [6, 6.07) is 0.644. The molecule has 2 aliphatic rings. The first-order valence-electron chi connectivity index (χ1n) is 8.51. The minimum absolute atomic E-state index is 0.644. The molecule has 1 aromatic heterocycles. The van der Waals surface area contributed by atoms with Crippen LogP contribution in [0.4, 0.5) is 5.95 Å². The zero-order valence-electron chi connectivity index (χ0n) is 13.3. The van der Waals surface area contributed by atoms with Crippen molar-refractivity contribution in [2.24, 2.45) is 5.92 Å². The van der Waals surface area contributed by atoms with Gasteiger partial charge in [0, 0.05) is 12.6 Å². The molecule has 1 N–H and O–H groups in total. The molecule has 0 bridgehead atoms. The van der Waals surface area contributed by atoms with Gasteiger partial charge in [-0.3, -0.25) is 0 Å². The number of anilines is 1. The molecule has 5 heteroatoms. The fraction of sp³-hybridized carbons (Fsp3) is 0.812. The van der Waals surface area contributed by atoms with Crippen LogP contribution in [0.25, 0.3) is 0 Å². The van der Waals surface area contributed by atoms with E-state index in [2.05, 4.69) is 34.3 Å². The Hall–Kier alpha value is -1.23. The topological polar surface area (TPSA) is 53.9 Å². The second-order valence-corrected chi connectivity index (χ2v) is 6.31. The first kappa shape index (κ1) is 14.7. The fourth-order valence-corrected chi connectivity index (χ4v) is 3.19. The van der Waals surface area contributed by atoms with Gasteiger partial charge in [-0.15, -0.1) is 5.10 Å². The summed E-state index contributed by atoms with van der Waals surface area (Å²) >= 11 is 0. The molecule has 1 aromatic rings. The molecular formula is C16H27N5. The molecule has 1 atom stereocenters. The molecule has 1 saturated heterocycles. The zero-order chi connectivity index (χ0) is 14.7. The van der Waals surface area contributed by atoms with Crippen molar-refractivity contribution in [1.29, 1.82) is 0 Å². The van der Waals surface area contributed by atoms with Crippen molar-refractivity contribution in [3.63, 3.8) is 0 Å². The van der Waals surface area contributed by atoms with E-state index in [-0.39, 0.29) is 0 Å². The Balaban J connectivity index is 1.76. The molecule has 2 heterocycles. The van der Waals surface area contributed by atoms with Gasteiger partial charge >= 0.3 is 0 Å². The van der Waals surface area contributed by atoms with Crippen molar-refractivity contribution >= 4 is 5.95 Å². The van der Waals surface area contributed by atoms with Gasteiger partial charge in [-0.2, -0.15) is 5.10 Å². The number of rotatable bonds is 6. The SMILES string of the molecule is CCc1nnc(N(CC2CCCNC2)C2CC2)nc1CC. The highest BCUT2D eigenvalue weighted by Crippen LogP contribution is 2.31. The number of nitrogens with zero attached hydrogens (tertiary/aromatic N) is 4. The van der Waals surface area contributed by atoms with Crippen molar-refractivity contribution in [1.82, 2.24) is 20.5 Å². The van der Waals surface area contributed by atoms with Gasteiger partial charge in [0.05, 0.1) is 11.4 Å². The summed E-state index contributed by atoms with van der Waals surface area (Å²) in [5, 5.41) is 12.4. The van der Waals surface area contributed by atoms with E-state index in [1.54, 1.807) is 0 Å². The van der Waals surface area contributed by atoms with Crippen LogP contribution in [0.5, 0.6) is 0 Å². The van der Waals surface area contributed by atoms with Crippen molar-refractivity contribution in [2.45, 2.75) is 58.4 Å². The molecule has 1 aliphatic heterocycles. The van der Waals surface area contributed by atoms with Crippen LogP contribution in [0, 0.1) is 5.92 Å². The summed E-state index contributed by atoms with van der Waals surface area (Å²) < 4.78 is 0. The van der Waals surface area contributed by atoms with E-state index in [4.69, 9.17) is 4.98 Å². The Morgan fingerprint density at radius 1 is 1.10 bits per heavy atom. The lowest BCUT2D eigenvalue weighted by Gasteiger charge is -2.30. The lowest BCUT2D eigenvalue weighted by Crippen LogP contribution is -2.40. The Kier molecular flexibility index (Phi) is 4.68. The van der Waals surface area contributed by atoms with Gasteiger partial charge in [0.15, 0.2) is 0 Å². The maximum atomic E-state index is 4.82. The molecule has 1 aliphatic carbocycles. The standard InChI is InChI=1S/C16H27N5/c1-3-14-15(4-2)19-20-16(18-14)21(13-7-8-13)11-12-6-5-9-17-10-12/h12-13,17H,3-11H2,1-2H3. The van der Waals surface area contributed by atoms with Crippen LogP contribution in [0.2, 0.25) is 0 Å². The number of aromatic nitrogens is 3. The van der Waals surface area contributed by atoms with Crippen molar-refractivity contribution in [3.8, 4) is 0 Å². The molecule has 0 amide bonds. The summed E-state index contributed by atoms with van der Waals surface area (Å²) in [5.41, 5.74) is 2.17. The summed E-state index contributed by atoms with van der Waals surface area (Å²) in [6.07, 6.45) is 7.02. The Morgan fingerprint density at radius 2 is 1.90 bits per heavy atom. The minimum atomic E-state index is 0.644. The summed E-state index contributed by atoms with van der Waals surface area (Å²) in [4.78, 5) is 7.24. The van der Waals surface area contributed by atoms with Gasteiger partial charge < -0.3 is 10.2 Å². The van der Waals surface area contributed by atoms with Gasteiger partial charge in [-0.05, 0) is 57.5 Å². The molecule has 3 rings (SSSR count). The monoisotopic (exact) mass is 289 g/mol. The fourth-order valence-electron chi connectivity index (χ4n) is 3.19. The van der Waals surface area contributed by atoms with E-state index < -0.39 is 0 Å². The molecule has 1 saturated carbocycles. The summed E-state index contributed by atoms with van der Waals surface area (Å²) in [6.45, 7) is 7.65. The van der Waals surface area contributed by atoms with E-state index in [9.17, 15) is 0 Å². The second kappa shape index (κ2) is 6.69. The molecule has 116 valence electrons. The number of nitrogens with one attached hydrogen (secondary N) is 1. The molecule has 0 aromatic carbocycles. The van der Waals surface area contributed by atoms with Gasteiger partial charge in [-0.25, -0.2) is 4.98 Å². The van der Waals surface area contributed by atoms with Crippen LogP contribution in [0.1, 0.15) is 50.9 Å². The van der Waals surface area contributed by atoms with Gasteiger partial charge in [-0.1, -0.05) is 13.8 Å². The maximum absolute atomic E-state index is 4.82. The highest BCUT2D eigenvalue weighted by molar-refractivity contribution is 5.34. The predicted molar refractivity (Wildman–Crippen MR) is 84.5 cm³/mol. The third-order valence-corrected chi connectivity index (χ3v) is 4.60. The van der Waals surface area contributed by atoms with E-state index in [1.165, 1.54) is 32.2 Å². The Morgan fingerprint density at radius 3 is 2.52 bits per heavy atom. The normalized spacial score (nSPS) is 22.3. The Bertz CT molecular complexity index is 466. The van der Waals surface area contributed by atoms with Crippen LogP contribution in [0.15, 0.2) is 0 Å². The smallest absolute Gasteiger partial charge is 0.245 e. The van der Waals surface area contributed by atoms with Gasteiger partial charge in [0.25, 0.3) is 0 Å². The van der Waals surface area contributed by atoms with Gasteiger partial charge in [0.2, 0.25) is 5.95 Å². The molecule has 0 radical (unpaired) electrons. The van der Waals surface area contributed by atoms with E-state index in [0.29, 0.717) is 6.04 Å². The average Bonchev–Trinajstić information content (AvgIpc) is 3.37. The highest BCUT2D eigenvalue weighted by atomic mass is 15.3. The molecule has 5 nitrogen and oxygen atoms in total. The predicted octanol–water partition coefficient (Wildman–Crippen LogP) is 1.96. The van der Waals surface area contributed by atoms with E-state index in [0.717, 1.165) is 49.2 Å². The maximum Gasteiger partial charge on any atom is 0.245 e. The molecule has 1 unspecified atom stereocenters. The largest absolute Gasteiger partial charge is 0.336 e. The number of hydrogen-bond acceptors (Lipinski definition) is 5. The number of piperidine rings is 1. The quantitative estimate of drug-likeness (QED) is 0.867. The van der Waals surface area contributed by atoms with Crippen LogP contribution in [-0.4, -0.2) is 40.9 Å². The summed E-state index contributed by atoms with van der Waals surface area (Å²) in [5.74, 6) is 1.58. The lowest BCUT2D eigenvalue weighted by atomic mass is 9.99. The van der Waals surface area contributed by atoms with Crippen LogP contribution >= 0.6 is 0 Å². The third-order valence-electron chi connectivity index (χ3n) is 4.60. The summed E-state index contributed by atoms with van der Waals surface area (Å²) in [7, 11) is 0. The zero-order valence-corrected chi connectivity index (χ0v) is 13.3. The van der Waals surface area contributed by atoms with Crippen LogP contribution < -0.4 is 10.2 Å². The van der Waals surface area contributed by atoms with E-state index >= 15 is 0 Å². The van der Waals surface area contributed by atoms with E-state index in [1.807, 2.05) is 0 Å². The second-order valence-electron chi connectivity index (χ2n) is 6.31. The first-order valence-corrected chi connectivity index (χ1v) is 8.51.